The van der Waals surface area contributed by atoms with Gasteiger partial charge in [-0.05, 0) is 46.1 Å². The fraction of sp³-hybridized carbons (Fsp3) is 0.750. The Morgan fingerprint density at radius 3 is 3.00 bits per heavy atom. The van der Waals surface area contributed by atoms with Crippen molar-refractivity contribution in [1.82, 2.24) is 14.9 Å². The molecule has 1 aromatic heterocycles. The third-order valence-corrected chi connectivity index (χ3v) is 3.46. The number of rotatable bonds is 4. The van der Waals surface area contributed by atoms with Gasteiger partial charge < -0.3 is 9.88 Å². The summed E-state index contributed by atoms with van der Waals surface area (Å²) in [6, 6.07) is 0.773. The zero-order valence-electron chi connectivity index (χ0n) is 9.79. The van der Waals surface area contributed by atoms with E-state index in [9.17, 15) is 0 Å². The number of aromatic nitrogens is 2. The van der Waals surface area contributed by atoms with Gasteiger partial charge in [0, 0.05) is 18.3 Å². The highest BCUT2D eigenvalue weighted by Gasteiger charge is 2.13. The smallest absolute Gasteiger partial charge is 0.0951 e. The van der Waals surface area contributed by atoms with E-state index in [0.29, 0.717) is 0 Å². The molecule has 1 aromatic rings. The van der Waals surface area contributed by atoms with Crippen molar-refractivity contribution in [3.63, 3.8) is 0 Å². The van der Waals surface area contributed by atoms with Gasteiger partial charge in [-0.3, -0.25) is 0 Å². The van der Waals surface area contributed by atoms with Crippen LogP contribution in [0.1, 0.15) is 37.1 Å². The van der Waals surface area contributed by atoms with Gasteiger partial charge in [-0.15, -0.1) is 0 Å². The number of nitrogens with zero attached hydrogens (tertiary/aromatic N) is 2. The SMILES string of the molecule is Cc1ncn(CCCC2CCCN2)c1C. The normalized spacial score (nSPS) is 21.1. The standard InChI is InChI=1S/C12H21N3/c1-10-11(2)15(9-14-10)8-4-6-12-5-3-7-13-12/h9,12-13H,3-8H2,1-2H3. The van der Waals surface area contributed by atoms with Gasteiger partial charge >= 0.3 is 0 Å². The zero-order valence-corrected chi connectivity index (χ0v) is 9.79. The average Bonchev–Trinajstić information content (AvgIpc) is 2.83. The molecule has 1 saturated heterocycles. The van der Waals surface area contributed by atoms with Crippen molar-refractivity contribution >= 4 is 0 Å². The fourth-order valence-electron chi connectivity index (χ4n) is 2.28. The first-order valence-electron chi connectivity index (χ1n) is 5.99. The van der Waals surface area contributed by atoms with E-state index in [1.165, 1.54) is 37.9 Å². The summed E-state index contributed by atoms with van der Waals surface area (Å²) >= 11 is 0. The Bertz CT molecular complexity index is 311. The maximum Gasteiger partial charge on any atom is 0.0951 e. The van der Waals surface area contributed by atoms with Crippen LogP contribution in [0.15, 0.2) is 6.33 Å². The molecule has 0 spiro atoms. The van der Waals surface area contributed by atoms with Crippen molar-refractivity contribution in [3.8, 4) is 0 Å². The summed E-state index contributed by atoms with van der Waals surface area (Å²) in [5.74, 6) is 0. The monoisotopic (exact) mass is 207 g/mol. The van der Waals surface area contributed by atoms with E-state index in [2.05, 4.69) is 28.7 Å². The highest BCUT2D eigenvalue weighted by Crippen LogP contribution is 2.12. The molecular formula is C12H21N3. The molecule has 84 valence electrons. The van der Waals surface area contributed by atoms with Gasteiger partial charge in [0.05, 0.1) is 12.0 Å². The van der Waals surface area contributed by atoms with E-state index in [4.69, 9.17) is 0 Å². The van der Waals surface area contributed by atoms with Gasteiger partial charge in [0.2, 0.25) is 0 Å². The molecular weight excluding hydrogens is 186 g/mol. The summed E-state index contributed by atoms with van der Waals surface area (Å²) in [6.07, 6.45) is 7.24. The first-order chi connectivity index (χ1) is 7.27. The van der Waals surface area contributed by atoms with E-state index in [1.54, 1.807) is 0 Å². The molecule has 1 unspecified atom stereocenters. The summed E-state index contributed by atoms with van der Waals surface area (Å²) in [4.78, 5) is 4.31. The Morgan fingerprint density at radius 1 is 1.53 bits per heavy atom. The van der Waals surface area contributed by atoms with Gasteiger partial charge in [-0.25, -0.2) is 4.98 Å². The molecule has 0 radical (unpaired) electrons. The minimum Gasteiger partial charge on any atom is -0.335 e. The third kappa shape index (κ3) is 2.59. The highest BCUT2D eigenvalue weighted by atomic mass is 15.0. The van der Waals surface area contributed by atoms with Gasteiger partial charge in [-0.2, -0.15) is 0 Å². The lowest BCUT2D eigenvalue weighted by Gasteiger charge is -2.10. The minimum absolute atomic E-state index is 0.773. The fourth-order valence-corrected chi connectivity index (χ4v) is 2.28. The number of aryl methyl sites for hydroxylation is 2. The second kappa shape index (κ2) is 4.79. The van der Waals surface area contributed by atoms with Crippen LogP contribution in [0.25, 0.3) is 0 Å². The largest absolute Gasteiger partial charge is 0.335 e. The van der Waals surface area contributed by atoms with Crippen LogP contribution in [-0.4, -0.2) is 22.1 Å². The molecule has 15 heavy (non-hydrogen) atoms. The molecule has 2 heterocycles. The summed E-state index contributed by atoms with van der Waals surface area (Å²) in [5, 5.41) is 3.54. The van der Waals surface area contributed by atoms with Gasteiger partial charge in [0.15, 0.2) is 0 Å². The topological polar surface area (TPSA) is 29.9 Å². The lowest BCUT2D eigenvalue weighted by Crippen LogP contribution is -2.21. The summed E-state index contributed by atoms with van der Waals surface area (Å²) in [6.45, 7) is 6.55. The average molecular weight is 207 g/mol. The van der Waals surface area contributed by atoms with Crippen LogP contribution < -0.4 is 5.32 Å². The lowest BCUT2D eigenvalue weighted by atomic mass is 10.1. The minimum atomic E-state index is 0.773. The molecule has 1 aliphatic rings. The Labute approximate surface area is 91.9 Å². The molecule has 3 nitrogen and oxygen atoms in total. The predicted molar refractivity (Wildman–Crippen MR) is 62.0 cm³/mol. The van der Waals surface area contributed by atoms with E-state index in [0.717, 1.165) is 18.3 Å². The summed E-state index contributed by atoms with van der Waals surface area (Å²) < 4.78 is 2.27. The molecule has 2 rings (SSSR count). The molecule has 0 saturated carbocycles. The lowest BCUT2D eigenvalue weighted by molar-refractivity contribution is 0.499. The van der Waals surface area contributed by atoms with E-state index < -0.39 is 0 Å². The molecule has 0 bridgehead atoms. The number of hydrogen-bond donors (Lipinski definition) is 1. The molecule has 1 aliphatic heterocycles. The van der Waals surface area contributed by atoms with Crippen LogP contribution in [0.5, 0.6) is 0 Å². The molecule has 1 fully saturated rings. The van der Waals surface area contributed by atoms with E-state index >= 15 is 0 Å². The Kier molecular flexibility index (Phi) is 3.41. The van der Waals surface area contributed by atoms with Gasteiger partial charge in [0.1, 0.15) is 0 Å². The van der Waals surface area contributed by atoms with Crippen molar-refractivity contribution in [2.45, 2.75) is 52.1 Å². The Morgan fingerprint density at radius 2 is 2.40 bits per heavy atom. The van der Waals surface area contributed by atoms with Crippen LogP contribution in [-0.2, 0) is 6.54 Å². The maximum absolute atomic E-state index is 4.31. The predicted octanol–water partition coefficient (Wildman–Crippen LogP) is 2.03. The van der Waals surface area contributed by atoms with Crippen molar-refractivity contribution in [2.75, 3.05) is 6.54 Å². The van der Waals surface area contributed by atoms with Crippen LogP contribution in [0, 0.1) is 13.8 Å². The molecule has 1 atom stereocenters. The number of nitrogens with one attached hydrogen (secondary N) is 1. The molecule has 0 aromatic carbocycles. The Hall–Kier alpha value is -0.830. The van der Waals surface area contributed by atoms with Crippen molar-refractivity contribution in [3.05, 3.63) is 17.7 Å². The van der Waals surface area contributed by atoms with Crippen LogP contribution in [0.4, 0.5) is 0 Å². The number of hydrogen-bond acceptors (Lipinski definition) is 2. The highest BCUT2D eigenvalue weighted by molar-refractivity contribution is 5.08. The number of imidazole rings is 1. The summed E-state index contributed by atoms with van der Waals surface area (Å²) in [7, 11) is 0. The van der Waals surface area contributed by atoms with Crippen molar-refractivity contribution in [1.29, 1.82) is 0 Å². The molecule has 1 N–H and O–H groups in total. The molecule has 3 heteroatoms. The molecule has 0 aliphatic carbocycles. The first kappa shape index (κ1) is 10.7. The van der Waals surface area contributed by atoms with Crippen molar-refractivity contribution in [2.24, 2.45) is 0 Å². The van der Waals surface area contributed by atoms with Crippen LogP contribution in [0.2, 0.25) is 0 Å². The second-order valence-electron chi connectivity index (χ2n) is 4.54. The quantitative estimate of drug-likeness (QED) is 0.818. The van der Waals surface area contributed by atoms with Crippen LogP contribution >= 0.6 is 0 Å². The van der Waals surface area contributed by atoms with Crippen molar-refractivity contribution < 1.29 is 0 Å². The van der Waals surface area contributed by atoms with E-state index in [1.807, 2.05) is 6.33 Å². The zero-order chi connectivity index (χ0) is 10.7. The summed E-state index contributed by atoms with van der Waals surface area (Å²) in [5.41, 5.74) is 2.48. The van der Waals surface area contributed by atoms with Crippen LogP contribution in [0.3, 0.4) is 0 Å². The second-order valence-corrected chi connectivity index (χ2v) is 4.54. The Balaban J connectivity index is 1.75. The van der Waals surface area contributed by atoms with Gasteiger partial charge in [0.25, 0.3) is 0 Å². The maximum atomic E-state index is 4.31. The third-order valence-electron chi connectivity index (χ3n) is 3.46. The van der Waals surface area contributed by atoms with E-state index in [-0.39, 0.29) is 0 Å². The first-order valence-corrected chi connectivity index (χ1v) is 5.99. The van der Waals surface area contributed by atoms with Gasteiger partial charge in [-0.1, -0.05) is 0 Å². The molecule has 0 amide bonds.